The molecule has 30 heavy (non-hydrogen) atoms. The number of amides is 1. The molecule has 0 atom stereocenters. The molecule has 1 N–H and O–H groups in total. The first-order valence-corrected chi connectivity index (χ1v) is 10.8. The predicted octanol–water partition coefficient (Wildman–Crippen LogP) is 3.33. The second-order valence-corrected chi connectivity index (χ2v) is 8.01. The molecule has 3 rings (SSSR count). The zero-order valence-corrected chi connectivity index (χ0v) is 19.7. The van der Waals surface area contributed by atoms with Gasteiger partial charge in [0.15, 0.2) is 18.1 Å². The summed E-state index contributed by atoms with van der Waals surface area (Å²) in [6, 6.07) is 10.9. The van der Waals surface area contributed by atoms with Gasteiger partial charge in [-0.1, -0.05) is 12.2 Å². The van der Waals surface area contributed by atoms with Crippen LogP contribution in [0.3, 0.4) is 0 Å². The van der Waals surface area contributed by atoms with E-state index in [4.69, 9.17) is 31.2 Å². The summed E-state index contributed by atoms with van der Waals surface area (Å²) < 4.78 is 22.6. The van der Waals surface area contributed by atoms with E-state index in [0.29, 0.717) is 30.4 Å². The Bertz CT molecular complexity index is 901. The van der Waals surface area contributed by atoms with E-state index in [1.54, 1.807) is 38.5 Å². The van der Waals surface area contributed by atoms with Gasteiger partial charge in [0.05, 0.1) is 31.0 Å². The Morgan fingerprint density at radius 2 is 1.87 bits per heavy atom. The summed E-state index contributed by atoms with van der Waals surface area (Å²) in [7, 11) is 3.16. The fraction of sp³-hybridized carbons (Fsp3) is 0.333. The highest BCUT2D eigenvalue weighted by Gasteiger charge is 2.19. The van der Waals surface area contributed by atoms with Crippen molar-refractivity contribution in [3.8, 4) is 17.2 Å². The summed E-state index contributed by atoms with van der Waals surface area (Å²) in [6.07, 6.45) is 0. The maximum atomic E-state index is 12.3. The summed E-state index contributed by atoms with van der Waals surface area (Å²) in [5.74, 6) is 1.49. The van der Waals surface area contributed by atoms with Crippen LogP contribution in [0.15, 0.2) is 36.4 Å². The quantitative estimate of drug-likeness (QED) is 0.426. The third kappa shape index (κ3) is 5.73. The molecule has 0 aromatic heterocycles. The van der Waals surface area contributed by atoms with Crippen molar-refractivity contribution in [1.82, 2.24) is 4.90 Å². The number of carbonyl (C=O) groups is 1. The molecule has 0 spiro atoms. The third-order valence-electron chi connectivity index (χ3n) is 4.50. The van der Waals surface area contributed by atoms with Gasteiger partial charge in [-0.05, 0) is 59.0 Å². The lowest BCUT2D eigenvalue weighted by molar-refractivity contribution is -0.118. The number of benzene rings is 2. The highest BCUT2D eigenvalue weighted by Crippen LogP contribution is 2.34. The first-order valence-electron chi connectivity index (χ1n) is 9.33. The second kappa shape index (κ2) is 10.8. The lowest BCUT2D eigenvalue weighted by atomic mass is 10.1. The number of nitrogens with one attached hydrogen (secondary N) is 1. The van der Waals surface area contributed by atoms with Crippen molar-refractivity contribution in [1.29, 1.82) is 0 Å². The van der Waals surface area contributed by atoms with E-state index < -0.39 is 0 Å². The van der Waals surface area contributed by atoms with E-state index in [1.807, 2.05) is 12.1 Å². The van der Waals surface area contributed by atoms with Crippen LogP contribution in [0, 0.1) is 3.57 Å². The van der Waals surface area contributed by atoms with Gasteiger partial charge in [0.1, 0.15) is 10.7 Å². The van der Waals surface area contributed by atoms with Crippen molar-refractivity contribution in [2.45, 2.75) is 0 Å². The molecule has 1 heterocycles. The highest BCUT2D eigenvalue weighted by atomic mass is 127. The second-order valence-electron chi connectivity index (χ2n) is 6.46. The molecule has 2 aromatic carbocycles. The lowest BCUT2D eigenvalue weighted by Crippen LogP contribution is -2.40. The van der Waals surface area contributed by atoms with Gasteiger partial charge < -0.3 is 29.2 Å². The molecular weight excluding hydrogens is 519 g/mol. The monoisotopic (exact) mass is 542 g/mol. The molecule has 0 aliphatic carbocycles. The number of hydrogen-bond donors (Lipinski definition) is 1. The molecule has 1 amide bonds. The number of rotatable bonds is 7. The van der Waals surface area contributed by atoms with Gasteiger partial charge in [-0.2, -0.15) is 0 Å². The van der Waals surface area contributed by atoms with E-state index in [1.165, 1.54) is 0 Å². The van der Waals surface area contributed by atoms with Crippen LogP contribution in [-0.4, -0.2) is 62.9 Å². The Balaban J connectivity index is 1.66. The van der Waals surface area contributed by atoms with E-state index in [2.05, 4.69) is 32.8 Å². The minimum absolute atomic E-state index is 0.147. The van der Waals surface area contributed by atoms with Crippen LogP contribution in [0.25, 0.3) is 0 Å². The molecule has 1 aliphatic heterocycles. The summed E-state index contributed by atoms with van der Waals surface area (Å²) in [4.78, 5) is 15.1. The molecule has 1 saturated heterocycles. The highest BCUT2D eigenvalue weighted by molar-refractivity contribution is 14.1. The van der Waals surface area contributed by atoms with E-state index in [-0.39, 0.29) is 12.5 Å². The van der Waals surface area contributed by atoms with Gasteiger partial charge >= 0.3 is 0 Å². The van der Waals surface area contributed by atoms with Crippen LogP contribution in [0.2, 0.25) is 0 Å². The Kier molecular flexibility index (Phi) is 8.11. The number of anilines is 1. The average Bonchev–Trinajstić information content (AvgIpc) is 2.78. The number of methoxy groups -OCH3 is 2. The largest absolute Gasteiger partial charge is 0.497 e. The topological polar surface area (TPSA) is 69.3 Å². The normalized spacial score (nSPS) is 13.5. The van der Waals surface area contributed by atoms with Gasteiger partial charge in [-0.15, -0.1) is 0 Å². The van der Waals surface area contributed by atoms with Crippen molar-refractivity contribution in [3.63, 3.8) is 0 Å². The number of nitrogens with zero attached hydrogens (tertiary/aromatic N) is 1. The fourth-order valence-electron chi connectivity index (χ4n) is 2.94. The summed E-state index contributed by atoms with van der Waals surface area (Å²) in [6.45, 7) is 2.71. The molecular formula is C21H23IN2O5S. The van der Waals surface area contributed by atoms with Gasteiger partial charge in [0, 0.05) is 24.3 Å². The van der Waals surface area contributed by atoms with Gasteiger partial charge in [-0.3, -0.25) is 4.79 Å². The van der Waals surface area contributed by atoms with Crippen LogP contribution in [0.4, 0.5) is 5.69 Å². The van der Waals surface area contributed by atoms with Crippen molar-refractivity contribution in [3.05, 3.63) is 45.5 Å². The summed E-state index contributed by atoms with van der Waals surface area (Å²) >= 11 is 7.81. The average molecular weight is 542 g/mol. The first kappa shape index (κ1) is 22.6. The van der Waals surface area contributed by atoms with Crippen LogP contribution in [0.5, 0.6) is 17.2 Å². The van der Waals surface area contributed by atoms with Crippen molar-refractivity contribution < 1.29 is 23.7 Å². The third-order valence-corrected chi connectivity index (χ3v) is 5.79. The molecule has 1 aliphatic rings. The Morgan fingerprint density at radius 1 is 1.17 bits per heavy atom. The Labute approximate surface area is 194 Å². The minimum atomic E-state index is -0.272. The van der Waals surface area contributed by atoms with E-state index in [9.17, 15) is 4.79 Å². The maximum absolute atomic E-state index is 12.3. The number of ether oxygens (including phenoxy) is 4. The van der Waals surface area contributed by atoms with Gasteiger partial charge in [0.2, 0.25) is 0 Å². The molecule has 1 fully saturated rings. The predicted molar refractivity (Wildman–Crippen MR) is 127 cm³/mol. The molecule has 0 radical (unpaired) electrons. The number of hydrogen-bond acceptors (Lipinski definition) is 6. The number of thiocarbonyl (C=S) groups is 1. The Morgan fingerprint density at radius 3 is 2.50 bits per heavy atom. The lowest BCUT2D eigenvalue weighted by Gasteiger charge is -2.29. The molecule has 9 heteroatoms. The standard InChI is InChI=1S/C21H23IN2O5S/c1-26-16-5-3-15(4-6-16)23-19(25)13-29-20-17(22)11-14(12-18(20)27-2)21(30)24-7-9-28-10-8-24/h3-6,11-12H,7-10,13H2,1-2H3,(H,23,25). The van der Waals surface area contributed by atoms with Crippen LogP contribution in [-0.2, 0) is 9.53 Å². The van der Waals surface area contributed by atoms with Crippen molar-refractivity contribution in [2.24, 2.45) is 0 Å². The first-order chi connectivity index (χ1) is 14.5. The summed E-state index contributed by atoms with van der Waals surface area (Å²) in [5, 5.41) is 2.79. The maximum Gasteiger partial charge on any atom is 0.262 e. The molecule has 0 bridgehead atoms. The molecule has 7 nitrogen and oxygen atoms in total. The van der Waals surface area contributed by atoms with Gasteiger partial charge in [0.25, 0.3) is 5.91 Å². The van der Waals surface area contributed by atoms with Gasteiger partial charge in [-0.25, -0.2) is 0 Å². The molecule has 0 unspecified atom stereocenters. The number of morpholine rings is 1. The number of carbonyl (C=O) groups excluding carboxylic acids is 1. The molecule has 160 valence electrons. The van der Waals surface area contributed by atoms with Crippen LogP contribution >= 0.6 is 34.8 Å². The van der Waals surface area contributed by atoms with Crippen LogP contribution < -0.4 is 19.5 Å². The summed E-state index contributed by atoms with van der Waals surface area (Å²) in [5.41, 5.74) is 1.54. The molecule has 2 aromatic rings. The SMILES string of the molecule is COc1ccc(NC(=O)COc2c(I)cc(C(=S)N3CCOCC3)cc2OC)cc1. The minimum Gasteiger partial charge on any atom is -0.497 e. The fourth-order valence-corrected chi connectivity index (χ4v) is 4.00. The van der Waals surface area contributed by atoms with Crippen LogP contribution in [0.1, 0.15) is 5.56 Å². The van der Waals surface area contributed by atoms with E-state index in [0.717, 1.165) is 33.0 Å². The zero-order valence-electron chi connectivity index (χ0n) is 16.8. The van der Waals surface area contributed by atoms with Crippen molar-refractivity contribution in [2.75, 3.05) is 52.4 Å². The smallest absolute Gasteiger partial charge is 0.262 e. The number of halogens is 1. The van der Waals surface area contributed by atoms with E-state index >= 15 is 0 Å². The van der Waals surface area contributed by atoms with Crippen molar-refractivity contribution >= 4 is 51.4 Å². The Hall–Kier alpha value is -2.11. The zero-order chi connectivity index (χ0) is 21.5. The molecule has 0 saturated carbocycles.